The van der Waals surface area contributed by atoms with Gasteiger partial charge in [0, 0.05) is 35.4 Å². The van der Waals surface area contributed by atoms with Crippen molar-refractivity contribution in [2.45, 2.75) is 39.3 Å². The molecule has 1 spiro atoms. The Labute approximate surface area is 219 Å². The largest absolute Gasteiger partial charge is 0.496 e. The summed E-state index contributed by atoms with van der Waals surface area (Å²) in [6, 6.07) is 11.6. The van der Waals surface area contributed by atoms with Crippen molar-refractivity contribution in [3.05, 3.63) is 88.8 Å². The number of methoxy groups -OCH3 is 1. The summed E-state index contributed by atoms with van der Waals surface area (Å²) in [6.45, 7) is 7.51. The summed E-state index contributed by atoms with van der Waals surface area (Å²) in [7, 11) is 1.56. The minimum Gasteiger partial charge on any atom is -0.496 e. The maximum atomic E-state index is 14.3. The molecule has 8 nitrogen and oxygen atoms in total. The summed E-state index contributed by atoms with van der Waals surface area (Å²) in [5, 5.41) is 3.01. The van der Waals surface area contributed by atoms with Crippen LogP contribution in [0.25, 0.3) is 11.4 Å². The molecular weight excluding hydrogens is 485 g/mol. The molecule has 2 aliphatic heterocycles. The van der Waals surface area contributed by atoms with Crippen LogP contribution in [0, 0.1) is 19.7 Å². The van der Waals surface area contributed by atoms with Crippen LogP contribution in [0.15, 0.2) is 54.9 Å². The smallest absolute Gasteiger partial charge is 0.280 e. The standard InChI is InChI=1S/C29H26FN5O3/c1-15(2)34-25-24(33-26(34)19-14-31-11-10-23(19)38-5)27(36)35(18-7-9-21(30)17(4)13-18)29(25)20-8-6-16(3)12-22(20)32-28(29)37/h6-15H,1-5H3,(H,32,37). The molecule has 2 amide bonds. The second kappa shape index (κ2) is 8.24. The Bertz CT molecular complexity index is 1660. The van der Waals surface area contributed by atoms with E-state index in [0.717, 1.165) is 5.56 Å². The van der Waals surface area contributed by atoms with Crippen LogP contribution in [0.3, 0.4) is 0 Å². The lowest BCUT2D eigenvalue weighted by atomic mass is 9.86. The average Bonchev–Trinajstić information content (AvgIpc) is 3.49. The third-order valence-corrected chi connectivity index (χ3v) is 7.29. The lowest BCUT2D eigenvalue weighted by Gasteiger charge is -2.36. The van der Waals surface area contributed by atoms with Crippen molar-refractivity contribution in [1.29, 1.82) is 0 Å². The maximum Gasteiger partial charge on any atom is 0.280 e. The summed E-state index contributed by atoms with van der Waals surface area (Å²) in [5.74, 6) is -0.192. The van der Waals surface area contributed by atoms with Gasteiger partial charge in [-0.2, -0.15) is 0 Å². The molecule has 1 unspecified atom stereocenters. The number of nitrogens with one attached hydrogen (secondary N) is 1. The lowest BCUT2D eigenvalue weighted by molar-refractivity contribution is -0.119. The first-order valence-corrected chi connectivity index (χ1v) is 12.3. The van der Waals surface area contributed by atoms with Gasteiger partial charge in [-0.25, -0.2) is 9.37 Å². The summed E-state index contributed by atoms with van der Waals surface area (Å²) >= 11 is 0. The van der Waals surface area contributed by atoms with Crippen molar-refractivity contribution in [2.24, 2.45) is 0 Å². The summed E-state index contributed by atoms with van der Waals surface area (Å²) in [5.41, 5.74) is 2.66. The summed E-state index contributed by atoms with van der Waals surface area (Å²) < 4.78 is 21.8. The second-order valence-corrected chi connectivity index (χ2v) is 9.96. The number of anilines is 2. The zero-order chi connectivity index (χ0) is 26.9. The van der Waals surface area contributed by atoms with Crippen molar-refractivity contribution >= 4 is 23.2 Å². The van der Waals surface area contributed by atoms with Gasteiger partial charge in [0.05, 0.1) is 18.4 Å². The normalized spacial score (nSPS) is 17.8. The van der Waals surface area contributed by atoms with E-state index in [1.807, 2.05) is 43.5 Å². The molecule has 1 N–H and O–H groups in total. The first-order valence-electron chi connectivity index (χ1n) is 12.3. The molecular formula is C29H26FN5O3. The van der Waals surface area contributed by atoms with Gasteiger partial charge in [-0.1, -0.05) is 12.1 Å². The number of amides is 2. The first kappa shape index (κ1) is 23.8. The quantitative estimate of drug-likeness (QED) is 0.410. The average molecular weight is 512 g/mol. The van der Waals surface area contributed by atoms with Crippen molar-refractivity contribution < 1.29 is 18.7 Å². The number of nitrogens with zero attached hydrogens (tertiary/aromatic N) is 4. The highest BCUT2D eigenvalue weighted by Gasteiger charge is 2.64. The van der Waals surface area contributed by atoms with E-state index in [9.17, 15) is 14.0 Å². The topological polar surface area (TPSA) is 89.3 Å². The van der Waals surface area contributed by atoms with Crippen LogP contribution in [0.4, 0.5) is 15.8 Å². The summed E-state index contributed by atoms with van der Waals surface area (Å²) in [6.07, 6.45) is 3.26. The van der Waals surface area contributed by atoms with E-state index < -0.39 is 17.3 Å². The van der Waals surface area contributed by atoms with Crippen molar-refractivity contribution in [1.82, 2.24) is 14.5 Å². The minimum absolute atomic E-state index is 0.158. The number of imidazole rings is 1. The van der Waals surface area contributed by atoms with E-state index >= 15 is 0 Å². The third kappa shape index (κ3) is 3.01. The molecule has 2 aromatic carbocycles. The monoisotopic (exact) mass is 511 g/mol. The molecule has 9 heteroatoms. The van der Waals surface area contributed by atoms with E-state index in [1.54, 1.807) is 38.6 Å². The van der Waals surface area contributed by atoms with Crippen LogP contribution in [-0.2, 0) is 10.3 Å². The van der Waals surface area contributed by atoms with Gasteiger partial charge in [-0.15, -0.1) is 0 Å². The molecule has 192 valence electrons. The number of hydrogen-bond acceptors (Lipinski definition) is 5. The zero-order valence-corrected chi connectivity index (χ0v) is 21.7. The SMILES string of the molecule is COc1ccncc1-c1nc2c(n1C(C)C)C1(C(=O)Nc3cc(C)ccc31)N(c1ccc(F)c(C)c1)C2=O. The van der Waals surface area contributed by atoms with Crippen molar-refractivity contribution in [2.75, 3.05) is 17.3 Å². The van der Waals surface area contributed by atoms with Crippen LogP contribution in [0.2, 0.25) is 0 Å². The first-order chi connectivity index (χ1) is 18.2. The Kier molecular flexibility index (Phi) is 5.17. The third-order valence-electron chi connectivity index (χ3n) is 7.29. The Morgan fingerprint density at radius 2 is 1.87 bits per heavy atom. The molecule has 0 radical (unpaired) electrons. The number of halogens is 1. The predicted molar refractivity (Wildman–Crippen MR) is 141 cm³/mol. The van der Waals surface area contributed by atoms with Crippen LogP contribution in [-0.4, -0.2) is 33.5 Å². The zero-order valence-electron chi connectivity index (χ0n) is 21.7. The fourth-order valence-electron chi connectivity index (χ4n) is 5.66. The number of ether oxygens (including phenoxy) is 1. The molecule has 6 rings (SSSR count). The molecule has 4 heterocycles. The fourth-order valence-corrected chi connectivity index (χ4v) is 5.66. The predicted octanol–water partition coefficient (Wildman–Crippen LogP) is 5.15. The number of pyridine rings is 1. The maximum absolute atomic E-state index is 14.3. The number of benzene rings is 2. The molecule has 0 saturated heterocycles. The van der Waals surface area contributed by atoms with Crippen LogP contribution >= 0.6 is 0 Å². The highest BCUT2D eigenvalue weighted by atomic mass is 19.1. The number of aromatic nitrogens is 3. The van der Waals surface area contributed by atoms with Gasteiger partial charge in [-0.05, 0) is 69.2 Å². The number of rotatable bonds is 4. The number of carbonyl (C=O) groups excluding carboxylic acids is 2. The van der Waals surface area contributed by atoms with E-state index in [-0.39, 0.29) is 17.6 Å². The van der Waals surface area contributed by atoms with E-state index in [0.29, 0.717) is 45.3 Å². The molecule has 38 heavy (non-hydrogen) atoms. The van der Waals surface area contributed by atoms with E-state index in [4.69, 9.17) is 9.72 Å². The van der Waals surface area contributed by atoms with Crippen LogP contribution in [0.5, 0.6) is 5.75 Å². The molecule has 0 saturated carbocycles. The van der Waals surface area contributed by atoms with Gasteiger partial charge in [0.25, 0.3) is 11.8 Å². The Balaban J connectivity index is 1.73. The molecule has 2 aliphatic rings. The Hall–Kier alpha value is -4.53. The lowest BCUT2D eigenvalue weighted by Crippen LogP contribution is -2.51. The molecule has 0 bridgehead atoms. The van der Waals surface area contributed by atoms with Crippen molar-refractivity contribution in [3.63, 3.8) is 0 Å². The molecule has 2 aromatic heterocycles. The molecule has 0 fully saturated rings. The number of aryl methyl sites for hydroxylation is 2. The van der Waals surface area contributed by atoms with Gasteiger partial charge in [0.1, 0.15) is 17.4 Å². The Morgan fingerprint density at radius 1 is 1.08 bits per heavy atom. The number of hydrogen-bond donors (Lipinski definition) is 1. The van der Waals surface area contributed by atoms with Gasteiger partial charge < -0.3 is 14.6 Å². The Morgan fingerprint density at radius 3 is 2.58 bits per heavy atom. The fraction of sp³-hybridized carbons (Fsp3) is 0.241. The van der Waals surface area contributed by atoms with Gasteiger partial charge in [-0.3, -0.25) is 19.5 Å². The molecule has 4 aromatic rings. The highest BCUT2D eigenvalue weighted by Crippen LogP contribution is 2.54. The summed E-state index contributed by atoms with van der Waals surface area (Å²) in [4.78, 5) is 39.0. The van der Waals surface area contributed by atoms with Gasteiger partial charge in [0.2, 0.25) is 0 Å². The van der Waals surface area contributed by atoms with Crippen LogP contribution in [0.1, 0.15) is 52.8 Å². The minimum atomic E-state index is -1.55. The number of fused-ring (bicyclic) bond motifs is 4. The van der Waals surface area contributed by atoms with Crippen molar-refractivity contribution in [3.8, 4) is 17.1 Å². The van der Waals surface area contributed by atoms with Gasteiger partial charge >= 0.3 is 0 Å². The highest BCUT2D eigenvalue weighted by molar-refractivity contribution is 6.23. The second-order valence-electron chi connectivity index (χ2n) is 9.96. The van der Waals surface area contributed by atoms with Crippen LogP contribution < -0.4 is 15.0 Å². The molecule has 1 atom stereocenters. The van der Waals surface area contributed by atoms with E-state index in [1.165, 1.54) is 17.0 Å². The number of carbonyl (C=O) groups is 2. The van der Waals surface area contributed by atoms with Gasteiger partial charge in [0.15, 0.2) is 11.2 Å². The van der Waals surface area contributed by atoms with E-state index in [2.05, 4.69) is 10.3 Å². The molecule has 0 aliphatic carbocycles.